The Morgan fingerprint density at radius 2 is 1.68 bits per heavy atom. The van der Waals surface area contributed by atoms with Crippen molar-refractivity contribution in [2.75, 3.05) is 0 Å². The number of esters is 1. The van der Waals surface area contributed by atoms with Gasteiger partial charge >= 0.3 is 11.9 Å². The molecule has 0 amide bonds. The molecule has 4 fully saturated rings. The fourth-order valence-electron chi connectivity index (χ4n) is 11.2. The van der Waals surface area contributed by atoms with Gasteiger partial charge in [-0.25, -0.2) is 5.26 Å². The van der Waals surface area contributed by atoms with Gasteiger partial charge in [0.2, 0.25) is 0 Å². The van der Waals surface area contributed by atoms with Gasteiger partial charge in [0.1, 0.15) is 23.7 Å². The van der Waals surface area contributed by atoms with Crippen molar-refractivity contribution < 1.29 is 34.4 Å². The predicted octanol–water partition coefficient (Wildman–Crippen LogP) is 7.21. The number of hydrogen-bond donors (Lipinski definition) is 2. The highest BCUT2D eigenvalue weighted by Crippen LogP contribution is 2.75. The topological polar surface area (TPSA) is 110 Å². The van der Waals surface area contributed by atoms with Gasteiger partial charge in [-0.15, -0.1) is 0 Å². The van der Waals surface area contributed by atoms with E-state index in [2.05, 4.69) is 53.0 Å². The molecule has 0 spiro atoms. The van der Waals surface area contributed by atoms with Crippen molar-refractivity contribution in [3.05, 3.63) is 24.0 Å². The lowest BCUT2D eigenvalue weighted by molar-refractivity contribution is -0.224. The molecule has 0 bridgehead atoms. The maximum atomic E-state index is 14.5. The van der Waals surface area contributed by atoms with Crippen LogP contribution in [0.3, 0.4) is 0 Å². The van der Waals surface area contributed by atoms with E-state index in [9.17, 15) is 19.5 Å². The molecule has 41 heavy (non-hydrogen) atoms. The molecule has 0 aromatic heterocycles. The third-order valence-corrected chi connectivity index (χ3v) is 13.9. The van der Waals surface area contributed by atoms with E-state index in [1.54, 1.807) is 6.92 Å². The van der Waals surface area contributed by atoms with Crippen LogP contribution in [0.1, 0.15) is 106 Å². The van der Waals surface area contributed by atoms with Crippen LogP contribution >= 0.6 is 0 Å². The summed E-state index contributed by atoms with van der Waals surface area (Å²) >= 11 is 0. The molecule has 3 unspecified atom stereocenters. The van der Waals surface area contributed by atoms with Crippen LogP contribution in [0.15, 0.2) is 24.0 Å². The van der Waals surface area contributed by atoms with E-state index in [4.69, 9.17) is 9.99 Å². The standard InChI is InChI=1S/C34H50O7/c1-19-9-12-30(4)15-16-32(6)22(27(30)21(19)3)18-23(35)28-31(5)13-11-25(40-26(36)17-20(2)41-39)34(8,29(37)38)24(31)10-14-33(28,32)7/h18-19,21,24-25,27-28,39H,2,9-17H2,1,3-8H3,(H,37,38)/t19-,21+,24?,25-,27?,28?,30-,31+,32-,33-,34-/m1/s1. The summed E-state index contributed by atoms with van der Waals surface area (Å²) in [5.74, 6) is -0.754. The SMILES string of the molecule is C=C(CC(=O)O[C@@H]1CC[C@@]2(C)C(CC[C@]3(C)C2C(=O)C=C2C4[C@@H](C)[C@H](C)CC[C@]4(C)CC[C@]23C)[C@@]1(C)C(=O)O)OO. The predicted molar refractivity (Wildman–Crippen MR) is 154 cm³/mol. The zero-order valence-electron chi connectivity index (χ0n) is 26.0. The molecule has 5 rings (SSSR count). The minimum Gasteiger partial charge on any atom is -0.481 e. The van der Waals surface area contributed by atoms with Gasteiger partial charge in [-0.1, -0.05) is 53.7 Å². The highest BCUT2D eigenvalue weighted by atomic mass is 17.1. The Morgan fingerprint density at radius 1 is 1.00 bits per heavy atom. The highest BCUT2D eigenvalue weighted by molar-refractivity contribution is 5.96. The van der Waals surface area contributed by atoms with Crippen LogP contribution in [0.25, 0.3) is 0 Å². The van der Waals surface area contributed by atoms with E-state index < -0.39 is 28.9 Å². The lowest BCUT2D eigenvalue weighted by Crippen LogP contribution is -2.68. The van der Waals surface area contributed by atoms with Gasteiger partial charge in [0, 0.05) is 5.92 Å². The van der Waals surface area contributed by atoms with Gasteiger partial charge in [0.25, 0.3) is 0 Å². The van der Waals surface area contributed by atoms with Crippen molar-refractivity contribution in [1.82, 2.24) is 0 Å². The molecule has 4 saturated carbocycles. The Bertz CT molecular complexity index is 1190. The van der Waals surface area contributed by atoms with E-state index in [1.807, 2.05) is 6.08 Å². The van der Waals surface area contributed by atoms with Gasteiger partial charge in [0.05, 0.1) is 0 Å². The van der Waals surface area contributed by atoms with Gasteiger partial charge in [-0.3, -0.25) is 14.4 Å². The number of fused-ring (bicyclic) bond motifs is 7. The Labute approximate surface area is 245 Å². The molecule has 5 aliphatic carbocycles. The lowest BCUT2D eigenvalue weighted by atomic mass is 9.33. The number of allylic oxidation sites excluding steroid dienone is 2. The number of ether oxygens (including phenoxy) is 1. The normalized spacial score (nSPS) is 48.9. The van der Waals surface area contributed by atoms with Crippen LogP contribution in [-0.4, -0.2) is 34.2 Å². The van der Waals surface area contributed by atoms with Crippen LogP contribution < -0.4 is 0 Å². The molecular weight excluding hydrogens is 520 g/mol. The van der Waals surface area contributed by atoms with Crippen molar-refractivity contribution in [2.45, 2.75) is 112 Å². The maximum Gasteiger partial charge on any atom is 0.313 e. The smallest absolute Gasteiger partial charge is 0.313 e. The van der Waals surface area contributed by atoms with Gasteiger partial charge in [0.15, 0.2) is 5.78 Å². The molecule has 228 valence electrons. The quantitative estimate of drug-likeness (QED) is 0.155. The number of carboxylic acid groups (broad SMARTS) is 1. The Hall–Kier alpha value is -2.15. The third kappa shape index (κ3) is 4.03. The molecule has 0 radical (unpaired) electrons. The number of hydrogen-bond acceptors (Lipinski definition) is 6. The van der Waals surface area contributed by atoms with Crippen LogP contribution in [0.4, 0.5) is 0 Å². The summed E-state index contributed by atoms with van der Waals surface area (Å²) in [5.41, 5.74) is -0.711. The maximum absolute atomic E-state index is 14.5. The van der Waals surface area contributed by atoms with E-state index in [1.165, 1.54) is 18.4 Å². The van der Waals surface area contributed by atoms with Gasteiger partial charge in [-0.2, -0.15) is 0 Å². The summed E-state index contributed by atoms with van der Waals surface area (Å²) < 4.78 is 5.75. The summed E-state index contributed by atoms with van der Waals surface area (Å²) in [6, 6.07) is 0. The first-order valence-corrected chi connectivity index (χ1v) is 15.7. The molecule has 5 aliphatic rings. The minimum absolute atomic E-state index is 0.122. The van der Waals surface area contributed by atoms with E-state index in [0.29, 0.717) is 37.0 Å². The zero-order valence-corrected chi connectivity index (χ0v) is 26.0. The zero-order chi connectivity index (χ0) is 30.3. The van der Waals surface area contributed by atoms with Crippen molar-refractivity contribution in [2.24, 2.45) is 56.7 Å². The van der Waals surface area contributed by atoms with Gasteiger partial charge in [-0.05, 0) is 110 Å². The summed E-state index contributed by atoms with van der Waals surface area (Å²) in [4.78, 5) is 44.2. The second-order valence-electron chi connectivity index (χ2n) is 15.7. The molecule has 0 saturated heterocycles. The molecule has 2 N–H and O–H groups in total. The fourth-order valence-corrected chi connectivity index (χ4v) is 11.2. The molecule has 7 nitrogen and oxygen atoms in total. The van der Waals surface area contributed by atoms with Crippen molar-refractivity contribution in [1.29, 1.82) is 0 Å². The van der Waals surface area contributed by atoms with Crippen molar-refractivity contribution in [3.8, 4) is 0 Å². The van der Waals surface area contributed by atoms with Crippen LogP contribution in [0.5, 0.6) is 0 Å². The van der Waals surface area contributed by atoms with Gasteiger partial charge < -0.3 is 14.7 Å². The molecule has 7 heteroatoms. The van der Waals surface area contributed by atoms with Crippen LogP contribution in [0, 0.1) is 56.7 Å². The largest absolute Gasteiger partial charge is 0.481 e. The molecule has 11 atom stereocenters. The monoisotopic (exact) mass is 570 g/mol. The number of carboxylic acids is 1. The number of rotatable bonds is 5. The molecular formula is C34H50O7. The second-order valence-corrected chi connectivity index (χ2v) is 15.7. The summed E-state index contributed by atoms with van der Waals surface area (Å²) in [6.45, 7) is 19.2. The average molecular weight is 571 g/mol. The first-order chi connectivity index (χ1) is 19.0. The van der Waals surface area contributed by atoms with Crippen LogP contribution in [0.2, 0.25) is 0 Å². The van der Waals surface area contributed by atoms with Crippen LogP contribution in [-0.2, 0) is 24.0 Å². The van der Waals surface area contributed by atoms with E-state index >= 15 is 0 Å². The summed E-state index contributed by atoms with van der Waals surface area (Å²) in [6.07, 6.45) is 7.89. The molecule has 0 aromatic carbocycles. The molecule has 0 aromatic rings. The van der Waals surface area contributed by atoms with Crippen molar-refractivity contribution in [3.63, 3.8) is 0 Å². The first-order valence-electron chi connectivity index (χ1n) is 15.7. The number of carbonyl (C=O) groups is 3. The Balaban J connectivity index is 1.54. The van der Waals surface area contributed by atoms with E-state index in [0.717, 1.165) is 19.3 Å². The first kappa shape index (κ1) is 30.3. The summed E-state index contributed by atoms with van der Waals surface area (Å²) in [5, 5.41) is 19.5. The average Bonchev–Trinajstić information content (AvgIpc) is 2.89. The Kier molecular flexibility index (Phi) is 7.16. The molecule has 0 aliphatic heterocycles. The number of ketones is 1. The number of aliphatic carboxylic acids is 1. The van der Waals surface area contributed by atoms with E-state index in [-0.39, 0.29) is 46.0 Å². The fraction of sp³-hybridized carbons (Fsp3) is 0.794. The second kappa shape index (κ2) is 9.68. The highest BCUT2D eigenvalue weighted by Gasteiger charge is 2.72. The number of carbonyl (C=O) groups excluding carboxylic acids is 2. The lowest BCUT2D eigenvalue weighted by Gasteiger charge is -2.70. The third-order valence-electron chi connectivity index (χ3n) is 13.9. The minimum atomic E-state index is -1.35. The summed E-state index contributed by atoms with van der Waals surface area (Å²) in [7, 11) is 0. The molecule has 0 heterocycles. The van der Waals surface area contributed by atoms with Crippen molar-refractivity contribution >= 4 is 17.7 Å². The Morgan fingerprint density at radius 3 is 2.32 bits per heavy atom.